The van der Waals surface area contributed by atoms with E-state index in [0.717, 1.165) is 16.6 Å². The maximum atomic E-state index is 12.1. The van der Waals surface area contributed by atoms with Gasteiger partial charge in [0.05, 0.1) is 5.56 Å². The molecule has 0 aliphatic carbocycles. The van der Waals surface area contributed by atoms with E-state index in [1.807, 2.05) is 6.07 Å². The minimum absolute atomic E-state index is 0.0925. The first kappa shape index (κ1) is 17.4. The number of esters is 1. The Morgan fingerprint density at radius 2 is 1.84 bits per heavy atom. The van der Waals surface area contributed by atoms with Gasteiger partial charge in [-0.25, -0.2) is 4.79 Å². The Morgan fingerprint density at radius 1 is 1.08 bits per heavy atom. The number of carbonyl (C=O) groups excluding carboxylic acids is 3. The summed E-state index contributed by atoms with van der Waals surface area (Å²) < 4.78 is 5.87. The largest absolute Gasteiger partial charge is 0.454 e. The molecule has 0 unspecified atom stereocenters. The van der Waals surface area contributed by atoms with Crippen LogP contribution in [-0.2, 0) is 9.53 Å². The lowest BCUT2D eigenvalue weighted by Gasteiger charge is -2.15. The second kappa shape index (κ2) is 7.61. The lowest BCUT2D eigenvalue weighted by atomic mass is 10.1. The van der Waals surface area contributed by atoms with Crippen molar-refractivity contribution >= 4 is 39.3 Å². The molecular formula is C19H16BrNO4. The fourth-order valence-corrected chi connectivity index (χ4v) is 3.06. The number of nitrogens with zero attached hydrogens (tertiary/aromatic N) is 1. The predicted molar refractivity (Wildman–Crippen MR) is 96.8 cm³/mol. The standard InChI is InChI=1S/C19H16BrNO4/c20-15-4-1-3-14(11-15)17(22)12-25-19(24)13-6-8-16(9-7-13)21-10-2-5-18(21)23/h1,3-4,6-9,11H,2,5,10,12H2. The molecule has 0 atom stereocenters. The van der Waals surface area contributed by atoms with E-state index in [2.05, 4.69) is 15.9 Å². The van der Waals surface area contributed by atoms with Crippen molar-refractivity contribution in [1.82, 2.24) is 0 Å². The molecule has 1 heterocycles. The predicted octanol–water partition coefficient (Wildman–Crippen LogP) is 3.62. The van der Waals surface area contributed by atoms with Gasteiger partial charge in [-0.2, -0.15) is 0 Å². The van der Waals surface area contributed by atoms with Crippen LogP contribution in [0.15, 0.2) is 53.0 Å². The third-order valence-electron chi connectivity index (χ3n) is 3.97. The molecule has 1 aliphatic rings. The van der Waals surface area contributed by atoms with Crippen LogP contribution in [0.1, 0.15) is 33.6 Å². The molecule has 0 aromatic heterocycles. The summed E-state index contributed by atoms with van der Waals surface area (Å²) in [7, 11) is 0. The fraction of sp³-hybridized carbons (Fsp3) is 0.211. The van der Waals surface area contributed by atoms with Gasteiger partial charge in [-0.05, 0) is 42.8 Å². The average molecular weight is 402 g/mol. The number of benzene rings is 2. The van der Waals surface area contributed by atoms with Crippen molar-refractivity contribution < 1.29 is 19.1 Å². The van der Waals surface area contributed by atoms with Crippen LogP contribution in [0.4, 0.5) is 5.69 Å². The first-order chi connectivity index (χ1) is 12.0. The molecule has 0 N–H and O–H groups in total. The maximum absolute atomic E-state index is 12.1. The summed E-state index contributed by atoms with van der Waals surface area (Å²) >= 11 is 3.30. The number of ketones is 1. The van der Waals surface area contributed by atoms with E-state index in [4.69, 9.17) is 4.74 Å². The van der Waals surface area contributed by atoms with Gasteiger partial charge >= 0.3 is 5.97 Å². The third kappa shape index (κ3) is 4.14. The normalized spacial score (nSPS) is 13.8. The Balaban J connectivity index is 1.59. The van der Waals surface area contributed by atoms with Crippen molar-refractivity contribution in [2.75, 3.05) is 18.1 Å². The smallest absolute Gasteiger partial charge is 0.338 e. The molecule has 1 aliphatic heterocycles. The van der Waals surface area contributed by atoms with Crippen molar-refractivity contribution in [3.8, 4) is 0 Å². The van der Waals surface area contributed by atoms with Crippen LogP contribution < -0.4 is 4.90 Å². The van der Waals surface area contributed by atoms with E-state index in [1.165, 1.54) is 0 Å². The van der Waals surface area contributed by atoms with Crippen LogP contribution in [0, 0.1) is 0 Å². The minimum Gasteiger partial charge on any atom is -0.454 e. The highest BCUT2D eigenvalue weighted by atomic mass is 79.9. The topological polar surface area (TPSA) is 63.7 Å². The second-order valence-corrected chi connectivity index (χ2v) is 6.62. The van der Waals surface area contributed by atoms with E-state index < -0.39 is 5.97 Å². The highest BCUT2D eigenvalue weighted by Crippen LogP contribution is 2.22. The van der Waals surface area contributed by atoms with Gasteiger partial charge in [0.15, 0.2) is 12.4 Å². The molecule has 1 amide bonds. The van der Waals surface area contributed by atoms with Gasteiger partial charge in [0, 0.05) is 28.7 Å². The Labute approximate surface area is 153 Å². The molecule has 3 rings (SSSR count). The number of amides is 1. The zero-order chi connectivity index (χ0) is 17.8. The number of rotatable bonds is 5. The summed E-state index contributed by atoms with van der Waals surface area (Å²) in [6, 6.07) is 13.6. The van der Waals surface area contributed by atoms with E-state index in [1.54, 1.807) is 47.4 Å². The number of hydrogen-bond acceptors (Lipinski definition) is 4. The molecule has 0 radical (unpaired) electrons. The Hall–Kier alpha value is -2.47. The van der Waals surface area contributed by atoms with Gasteiger partial charge in [0.25, 0.3) is 0 Å². The number of ether oxygens (including phenoxy) is 1. The van der Waals surface area contributed by atoms with E-state index in [-0.39, 0.29) is 18.3 Å². The molecule has 128 valence electrons. The number of anilines is 1. The van der Waals surface area contributed by atoms with Crippen molar-refractivity contribution in [3.63, 3.8) is 0 Å². The molecule has 2 aromatic rings. The van der Waals surface area contributed by atoms with Crippen LogP contribution in [0.3, 0.4) is 0 Å². The van der Waals surface area contributed by atoms with Gasteiger partial charge < -0.3 is 9.64 Å². The minimum atomic E-state index is -0.567. The van der Waals surface area contributed by atoms with Crippen molar-refractivity contribution in [1.29, 1.82) is 0 Å². The quantitative estimate of drug-likeness (QED) is 0.566. The average Bonchev–Trinajstić information content (AvgIpc) is 3.05. The number of halogens is 1. The number of carbonyl (C=O) groups is 3. The first-order valence-electron chi connectivity index (χ1n) is 7.91. The van der Waals surface area contributed by atoms with Crippen LogP contribution in [0.25, 0.3) is 0 Å². The second-order valence-electron chi connectivity index (χ2n) is 5.71. The molecule has 6 heteroatoms. The first-order valence-corrected chi connectivity index (χ1v) is 8.70. The third-order valence-corrected chi connectivity index (χ3v) is 4.46. The summed E-state index contributed by atoms with van der Waals surface area (Å²) in [5.41, 5.74) is 1.59. The van der Waals surface area contributed by atoms with E-state index in [9.17, 15) is 14.4 Å². The zero-order valence-electron chi connectivity index (χ0n) is 13.4. The van der Waals surface area contributed by atoms with Crippen LogP contribution in [-0.4, -0.2) is 30.8 Å². The number of hydrogen-bond donors (Lipinski definition) is 0. The van der Waals surface area contributed by atoms with Gasteiger partial charge in [-0.15, -0.1) is 0 Å². The van der Waals surface area contributed by atoms with Crippen molar-refractivity contribution in [2.24, 2.45) is 0 Å². The van der Waals surface area contributed by atoms with Crippen LogP contribution in [0.2, 0.25) is 0 Å². The fourth-order valence-electron chi connectivity index (χ4n) is 2.66. The zero-order valence-corrected chi connectivity index (χ0v) is 15.0. The summed E-state index contributed by atoms with van der Waals surface area (Å²) in [5.74, 6) is -0.744. The molecule has 0 bridgehead atoms. The summed E-state index contributed by atoms with van der Waals surface area (Å²) in [4.78, 5) is 37.6. The highest BCUT2D eigenvalue weighted by molar-refractivity contribution is 9.10. The summed E-state index contributed by atoms with van der Waals surface area (Å²) in [5, 5.41) is 0. The lowest BCUT2D eigenvalue weighted by Crippen LogP contribution is -2.23. The number of Topliss-reactive ketones (excluding diaryl/α,β-unsaturated/α-hetero) is 1. The molecular weight excluding hydrogens is 386 g/mol. The summed E-state index contributed by atoms with van der Waals surface area (Å²) in [6.07, 6.45) is 1.40. The van der Waals surface area contributed by atoms with Gasteiger partial charge in [0.1, 0.15) is 0 Å². The molecule has 2 aromatic carbocycles. The SMILES string of the molecule is O=C(COC(=O)c1ccc(N2CCCC2=O)cc1)c1cccc(Br)c1. The summed E-state index contributed by atoms with van der Waals surface area (Å²) in [6.45, 7) is 0.380. The Bertz CT molecular complexity index is 816. The van der Waals surface area contributed by atoms with E-state index >= 15 is 0 Å². The van der Waals surface area contributed by atoms with Crippen molar-refractivity contribution in [2.45, 2.75) is 12.8 Å². The molecule has 1 saturated heterocycles. The molecule has 1 fully saturated rings. The molecule has 0 spiro atoms. The maximum Gasteiger partial charge on any atom is 0.338 e. The van der Waals surface area contributed by atoms with Gasteiger partial charge in [0.2, 0.25) is 5.91 Å². The van der Waals surface area contributed by atoms with Gasteiger partial charge in [-0.1, -0.05) is 28.1 Å². The van der Waals surface area contributed by atoms with E-state index in [0.29, 0.717) is 24.1 Å². The van der Waals surface area contributed by atoms with Crippen LogP contribution >= 0.6 is 15.9 Å². The molecule has 25 heavy (non-hydrogen) atoms. The van der Waals surface area contributed by atoms with Gasteiger partial charge in [-0.3, -0.25) is 9.59 Å². The van der Waals surface area contributed by atoms with Crippen molar-refractivity contribution in [3.05, 3.63) is 64.1 Å². The lowest BCUT2D eigenvalue weighted by molar-refractivity contribution is -0.117. The monoisotopic (exact) mass is 401 g/mol. The van der Waals surface area contributed by atoms with Crippen LogP contribution in [0.5, 0.6) is 0 Å². The Morgan fingerprint density at radius 3 is 2.48 bits per heavy atom. The molecule has 5 nitrogen and oxygen atoms in total. The Kier molecular flexibility index (Phi) is 5.28. The molecule has 0 saturated carbocycles. The highest BCUT2D eigenvalue weighted by Gasteiger charge is 2.22.